The number of rotatable bonds is 6. The van der Waals surface area contributed by atoms with Crippen LogP contribution < -0.4 is 15.9 Å². The molecule has 0 saturated heterocycles. The number of aromatic nitrogens is 2. The van der Waals surface area contributed by atoms with Crippen molar-refractivity contribution >= 4 is 11.6 Å². The summed E-state index contributed by atoms with van der Waals surface area (Å²) >= 11 is 0. The first-order valence-corrected chi connectivity index (χ1v) is 7.60. The number of benzene rings is 2. The van der Waals surface area contributed by atoms with E-state index in [-0.39, 0.29) is 18.4 Å². The van der Waals surface area contributed by atoms with E-state index < -0.39 is 0 Å². The highest BCUT2D eigenvalue weighted by atomic mass is 16.7. The molecule has 24 heavy (non-hydrogen) atoms. The van der Waals surface area contributed by atoms with Crippen LogP contribution >= 0.6 is 0 Å². The minimum atomic E-state index is -0.383. The molecule has 6 nitrogen and oxygen atoms in total. The van der Waals surface area contributed by atoms with Crippen LogP contribution in [0.1, 0.15) is 11.5 Å². The first-order valence-electron chi connectivity index (χ1n) is 7.60. The van der Waals surface area contributed by atoms with E-state index >= 15 is 0 Å². The number of carbonyl (C=O) groups excluding carboxylic acids is 1. The molecule has 3 aromatic rings. The predicted octanol–water partition coefficient (Wildman–Crippen LogP) is 2.41. The molecule has 3 N–H and O–H groups in total. The Labute approximate surface area is 139 Å². The highest BCUT2D eigenvalue weighted by Gasteiger charge is 2.18. The summed E-state index contributed by atoms with van der Waals surface area (Å²) in [6, 6.07) is 18.3. The van der Waals surface area contributed by atoms with Crippen molar-refractivity contribution in [3.05, 3.63) is 78.6 Å². The minimum Gasteiger partial charge on any atom is -0.358 e. The minimum absolute atomic E-state index is 0.135. The third kappa shape index (κ3) is 3.80. The Morgan fingerprint density at radius 1 is 1.12 bits per heavy atom. The molecule has 0 radical (unpaired) electrons. The molecule has 0 saturated carbocycles. The van der Waals surface area contributed by atoms with Crippen LogP contribution in [0.3, 0.4) is 0 Å². The summed E-state index contributed by atoms with van der Waals surface area (Å²) in [5.41, 5.74) is 7.35. The Hall–Kier alpha value is -3.12. The standard InChI is InChI=1S/C18H18N4O2/c19-13-17(14-5-2-1-3-6-14)18(23)21-15-7-9-16(10-8-15)24-22-12-4-11-20-22/h1-12,17H,13,19H2,(H,21,23). The van der Waals surface area contributed by atoms with Crippen LogP contribution in [-0.2, 0) is 4.79 Å². The molecule has 2 aromatic carbocycles. The second-order valence-corrected chi connectivity index (χ2v) is 5.21. The lowest BCUT2D eigenvalue weighted by molar-refractivity contribution is -0.117. The van der Waals surface area contributed by atoms with E-state index in [0.717, 1.165) is 5.56 Å². The lowest BCUT2D eigenvalue weighted by Crippen LogP contribution is -2.27. The van der Waals surface area contributed by atoms with Gasteiger partial charge in [0.2, 0.25) is 5.91 Å². The molecule has 6 heteroatoms. The number of hydrogen-bond donors (Lipinski definition) is 2. The quantitative estimate of drug-likeness (QED) is 0.730. The van der Waals surface area contributed by atoms with Crippen LogP contribution in [-0.4, -0.2) is 22.4 Å². The fourth-order valence-corrected chi connectivity index (χ4v) is 2.33. The molecular weight excluding hydrogens is 304 g/mol. The predicted molar refractivity (Wildman–Crippen MR) is 91.6 cm³/mol. The first-order chi connectivity index (χ1) is 11.8. The molecule has 0 fully saturated rings. The number of carbonyl (C=O) groups is 1. The van der Waals surface area contributed by atoms with Crippen molar-refractivity contribution in [2.45, 2.75) is 5.92 Å². The van der Waals surface area contributed by atoms with Gasteiger partial charge in [-0.3, -0.25) is 4.79 Å². The molecule has 1 aromatic heterocycles. The van der Waals surface area contributed by atoms with Crippen molar-refractivity contribution in [1.82, 2.24) is 9.94 Å². The van der Waals surface area contributed by atoms with E-state index in [1.807, 2.05) is 30.3 Å². The van der Waals surface area contributed by atoms with Gasteiger partial charge >= 0.3 is 0 Å². The van der Waals surface area contributed by atoms with Crippen LogP contribution in [0.25, 0.3) is 0 Å². The summed E-state index contributed by atoms with van der Waals surface area (Å²) in [5, 5.41) is 6.84. The molecule has 122 valence electrons. The summed E-state index contributed by atoms with van der Waals surface area (Å²) in [6.45, 7) is 0.246. The van der Waals surface area contributed by atoms with Crippen molar-refractivity contribution in [2.75, 3.05) is 11.9 Å². The molecule has 0 spiro atoms. The number of amides is 1. The monoisotopic (exact) mass is 322 g/mol. The fourth-order valence-electron chi connectivity index (χ4n) is 2.33. The zero-order valence-corrected chi connectivity index (χ0v) is 13.0. The van der Waals surface area contributed by atoms with E-state index in [4.69, 9.17) is 10.6 Å². The first kappa shape index (κ1) is 15.8. The van der Waals surface area contributed by atoms with Crippen LogP contribution in [0.2, 0.25) is 0 Å². The van der Waals surface area contributed by atoms with E-state index in [2.05, 4.69) is 10.4 Å². The summed E-state index contributed by atoms with van der Waals surface area (Å²) in [6.07, 6.45) is 3.33. The number of nitrogens with zero attached hydrogens (tertiary/aromatic N) is 2. The van der Waals surface area contributed by atoms with Gasteiger partial charge in [-0.15, -0.1) is 9.94 Å². The third-order valence-electron chi connectivity index (χ3n) is 3.56. The van der Waals surface area contributed by atoms with Crippen LogP contribution in [0, 0.1) is 0 Å². The van der Waals surface area contributed by atoms with Crippen molar-refractivity contribution in [3.8, 4) is 5.75 Å². The number of hydrogen-bond acceptors (Lipinski definition) is 4. The Balaban J connectivity index is 1.65. The van der Waals surface area contributed by atoms with Gasteiger partial charge in [0.15, 0.2) is 5.75 Å². The summed E-state index contributed by atoms with van der Waals surface area (Å²) in [7, 11) is 0. The van der Waals surface area contributed by atoms with Gasteiger partial charge in [0.1, 0.15) is 0 Å². The molecule has 0 aliphatic carbocycles. The molecule has 1 heterocycles. The average molecular weight is 322 g/mol. The molecule has 0 bridgehead atoms. The maximum Gasteiger partial charge on any atom is 0.233 e. The smallest absolute Gasteiger partial charge is 0.233 e. The molecule has 1 amide bonds. The molecule has 0 aliphatic heterocycles. The topological polar surface area (TPSA) is 82.2 Å². The zero-order valence-electron chi connectivity index (χ0n) is 13.0. The van der Waals surface area contributed by atoms with E-state index in [1.54, 1.807) is 42.7 Å². The van der Waals surface area contributed by atoms with E-state index in [1.165, 1.54) is 4.85 Å². The van der Waals surface area contributed by atoms with Crippen molar-refractivity contribution in [1.29, 1.82) is 0 Å². The van der Waals surface area contributed by atoms with E-state index in [0.29, 0.717) is 11.4 Å². The summed E-state index contributed by atoms with van der Waals surface area (Å²) in [4.78, 5) is 19.3. The molecule has 0 aliphatic rings. The summed E-state index contributed by atoms with van der Waals surface area (Å²) in [5.74, 6) is 0.103. The van der Waals surface area contributed by atoms with Gasteiger partial charge < -0.3 is 15.9 Å². The van der Waals surface area contributed by atoms with Gasteiger partial charge in [-0.05, 0) is 35.9 Å². The second-order valence-electron chi connectivity index (χ2n) is 5.21. The van der Waals surface area contributed by atoms with Crippen molar-refractivity contribution < 1.29 is 9.63 Å². The average Bonchev–Trinajstić information content (AvgIpc) is 3.11. The van der Waals surface area contributed by atoms with Gasteiger partial charge in [0.05, 0.1) is 18.3 Å². The number of anilines is 1. The maximum atomic E-state index is 12.4. The Morgan fingerprint density at radius 3 is 2.50 bits per heavy atom. The molecular formula is C18H18N4O2. The van der Waals surface area contributed by atoms with Gasteiger partial charge in [-0.2, -0.15) is 0 Å². The summed E-state index contributed by atoms with van der Waals surface area (Å²) < 4.78 is 0. The van der Waals surface area contributed by atoms with Crippen LogP contribution in [0.15, 0.2) is 73.1 Å². The van der Waals surface area contributed by atoms with Gasteiger partial charge in [0.25, 0.3) is 0 Å². The number of nitrogens with one attached hydrogen (secondary N) is 1. The van der Waals surface area contributed by atoms with Crippen molar-refractivity contribution in [2.24, 2.45) is 5.73 Å². The third-order valence-corrected chi connectivity index (χ3v) is 3.56. The van der Waals surface area contributed by atoms with Gasteiger partial charge in [-0.1, -0.05) is 30.3 Å². The lowest BCUT2D eigenvalue weighted by atomic mass is 9.98. The molecule has 3 rings (SSSR count). The fraction of sp³-hybridized carbons (Fsp3) is 0.111. The van der Waals surface area contributed by atoms with Gasteiger partial charge in [0, 0.05) is 12.2 Å². The number of nitrogens with two attached hydrogens (primary N) is 1. The Bertz CT molecular complexity index is 771. The van der Waals surface area contributed by atoms with Crippen molar-refractivity contribution in [3.63, 3.8) is 0 Å². The highest BCUT2D eigenvalue weighted by Crippen LogP contribution is 2.20. The second kappa shape index (κ2) is 7.43. The van der Waals surface area contributed by atoms with E-state index in [9.17, 15) is 4.79 Å². The largest absolute Gasteiger partial charge is 0.358 e. The van der Waals surface area contributed by atoms with Gasteiger partial charge in [-0.25, -0.2) is 0 Å². The lowest BCUT2D eigenvalue weighted by Gasteiger charge is -2.15. The van der Waals surface area contributed by atoms with Crippen LogP contribution in [0.4, 0.5) is 5.69 Å². The Kier molecular flexibility index (Phi) is 4.88. The zero-order chi connectivity index (χ0) is 16.8. The molecule has 1 unspecified atom stereocenters. The van der Waals surface area contributed by atoms with Crippen LogP contribution in [0.5, 0.6) is 5.75 Å². The SMILES string of the molecule is NCC(C(=O)Nc1ccc(On2cccn2)cc1)c1ccccc1. The molecule has 1 atom stereocenters. The maximum absolute atomic E-state index is 12.4. The highest BCUT2D eigenvalue weighted by molar-refractivity contribution is 5.96. The Morgan fingerprint density at radius 2 is 1.88 bits per heavy atom. The normalized spacial score (nSPS) is 11.7.